The van der Waals surface area contributed by atoms with Gasteiger partial charge >= 0.3 is 0 Å². The highest BCUT2D eigenvalue weighted by Crippen LogP contribution is 2.25. The standard InChI is InChI=1S/C15H24N2O4/c1-11(2)13(10-18)14-9-15(16-21-14)20-8-7-17-5-3-12(19)4-6-17/h9-13,19H,3-8H2,1-2H3. The lowest BCUT2D eigenvalue weighted by Gasteiger charge is -2.28. The molecule has 6 nitrogen and oxygen atoms in total. The van der Waals surface area contributed by atoms with Gasteiger partial charge in [0.1, 0.15) is 12.9 Å². The molecule has 1 unspecified atom stereocenters. The summed E-state index contributed by atoms with van der Waals surface area (Å²) in [5.41, 5.74) is 0. The van der Waals surface area contributed by atoms with Gasteiger partial charge in [-0.2, -0.15) is 0 Å². The van der Waals surface area contributed by atoms with E-state index >= 15 is 0 Å². The summed E-state index contributed by atoms with van der Waals surface area (Å²) in [4.78, 5) is 13.3. The first kappa shape index (κ1) is 16.0. The lowest BCUT2D eigenvalue weighted by Crippen LogP contribution is -2.38. The Labute approximate surface area is 125 Å². The van der Waals surface area contributed by atoms with Crippen LogP contribution < -0.4 is 4.74 Å². The number of carbonyl (C=O) groups is 1. The van der Waals surface area contributed by atoms with Crippen LogP contribution in [-0.4, -0.2) is 53.8 Å². The number of hydrogen-bond acceptors (Lipinski definition) is 6. The summed E-state index contributed by atoms with van der Waals surface area (Å²) in [6, 6.07) is 1.69. The summed E-state index contributed by atoms with van der Waals surface area (Å²) in [6.07, 6.45) is 2.37. The van der Waals surface area contributed by atoms with E-state index < -0.39 is 0 Å². The van der Waals surface area contributed by atoms with Crippen LogP contribution in [0.15, 0.2) is 10.6 Å². The topological polar surface area (TPSA) is 75.8 Å². The molecule has 2 heterocycles. The molecule has 1 aliphatic heterocycles. The van der Waals surface area contributed by atoms with Gasteiger partial charge in [0.15, 0.2) is 5.76 Å². The van der Waals surface area contributed by atoms with Gasteiger partial charge in [0.2, 0.25) is 0 Å². The van der Waals surface area contributed by atoms with E-state index in [1.807, 2.05) is 13.8 Å². The summed E-state index contributed by atoms with van der Waals surface area (Å²) >= 11 is 0. The maximum Gasteiger partial charge on any atom is 0.254 e. The van der Waals surface area contributed by atoms with E-state index in [-0.39, 0.29) is 17.9 Å². The number of hydrogen-bond donors (Lipinski definition) is 1. The molecular weight excluding hydrogens is 272 g/mol. The molecule has 1 aromatic rings. The molecule has 1 aromatic heterocycles. The second-order valence-corrected chi connectivity index (χ2v) is 5.89. The van der Waals surface area contributed by atoms with Crippen LogP contribution >= 0.6 is 0 Å². The van der Waals surface area contributed by atoms with Crippen LogP contribution in [0, 0.1) is 5.92 Å². The number of carbonyl (C=O) groups excluding carboxylic acids is 1. The normalized spacial score (nSPS) is 18.9. The van der Waals surface area contributed by atoms with E-state index in [9.17, 15) is 9.90 Å². The minimum absolute atomic E-state index is 0.156. The predicted octanol–water partition coefficient (Wildman–Crippen LogP) is 1.45. The summed E-state index contributed by atoms with van der Waals surface area (Å²) in [5.74, 6) is 0.868. The van der Waals surface area contributed by atoms with Crippen molar-refractivity contribution in [3.8, 4) is 5.88 Å². The van der Waals surface area contributed by atoms with Crippen molar-refractivity contribution in [2.24, 2.45) is 5.92 Å². The van der Waals surface area contributed by atoms with Crippen LogP contribution in [0.5, 0.6) is 5.88 Å². The van der Waals surface area contributed by atoms with Gasteiger partial charge in [0.05, 0.1) is 12.0 Å². The Bertz CT molecular complexity index is 439. The highest BCUT2D eigenvalue weighted by molar-refractivity contribution is 5.61. The first-order valence-corrected chi connectivity index (χ1v) is 7.55. The fourth-order valence-electron chi connectivity index (χ4n) is 2.47. The Hall–Kier alpha value is -1.40. The number of aliphatic hydroxyl groups is 1. The van der Waals surface area contributed by atoms with Crippen LogP contribution in [0.1, 0.15) is 38.4 Å². The molecule has 6 heteroatoms. The predicted molar refractivity (Wildman–Crippen MR) is 77.3 cm³/mol. The number of ether oxygens (including phenoxy) is 1. The zero-order valence-electron chi connectivity index (χ0n) is 12.7. The van der Waals surface area contributed by atoms with Crippen molar-refractivity contribution >= 4 is 6.29 Å². The van der Waals surface area contributed by atoms with E-state index in [0.717, 1.165) is 38.8 Å². The summed E-state index contributed by atoms with van der Waals surface area (Å²) in [5, 5.41) is 13.3. The molecule has 0 spiro atoms. The van der Waals surface area contributed by atoms with Crippen molar-refractivity contribution in [3.05, 3.63) is 11.8 Å². The molecule has 2 rings (SSSR count). The summed E-state index contributed by atoms with van der Waals surface area (Å²) in [6.45, 7) is 7.05. The molecule has 0 aliphatic carbocycles. The number of rotatable bonds is 7. The average molecular weight is 296 g/mol. The monoisotopic (exact) mass is 296 g/mol. The highest BCUT2D eigenvalue weighted by atomic mass is 16.5. The van der Waals surface area contributed by atoms with Gasteiger partial charge < -0.3 is 19.2 Å². The third-order valence-corrected chi connectivity index (χ3v) is 3.91. The number of likely N-dealkylation sites (tertiary alicyclic amines) is 1. The Morgan fingerprint density at radius 1 is 1.52 bits per heavy atom. The van der Waals surface area contributed by atoms with Crippen LogP contribution in [-0.2, 0) is 4.79 Å². The first-order valence-electron chi connectivity index (χ1n) is 7.55. The van der Waals surface area contributed by atoms with Gasteiger partial charge in [0, 0.05) is 25.7 Å². The minimum Gasteiger partial charge on any atom is -0.474 e. The third kappa shape index (κ3) is 4.54. The molecular formula is C15H24N2O4. The quantitative estimate of drug-likeness (QED) is 0.768. The molecule has 118 valence electrons. The zero-order valence-corrected chi connectivity index (χ0v) is 12.7. The SMILES string of the molecule is CC(C)C(C=O)c1cc(OCCN2CCC(O)CC2)no1. The Morgan fingerprint density at radius 3 is 2.86 bits per heavy atom. The Balaban J connectivity index is 1.76. The van der Waals surface area contributed by atoms with Crippen molar-refractivity contribution < 1.29 is 19.2 Å². The number of aliphatic hydroxyl groups excluding tert-OH is 1. The molecule has 21 heavy (non-hydrogen) atoms. The molecule has 0 amide bonds. The second-order valence-electron chi connectivity index (χ2n) is 5.89. The molecule has 0 bridgehead atoms. The highest BCUT2D eigenvalue weighted by Gasteiger charge is 2.21. The lowest BCUT2D eigenvalue weighted by atomic mass is 9.95. The fraction of sp³-hybridized carbons (Fsp3) is 0.733. The first-order chi connectivity index (χ1) is 10.1. The molecule has 0 aromatic carbocycles. The molecule has 1 saturated heterocycles. The number of piperidine rings is 1. The number of nitrogens with zero attached hydrogens (tertiary/aromatic N) is 2. The molecule has 1 atom stereocenters. The molecule has 1 N–H and O–H groups in total. The molecule has 0 radical (unpaired) electrons. The van der Waals surface area contributed by atoms with Gasteiger partial charge in [-0.05, 0) is 23.9 Å². The maximum atomic E-state index is 11.0. The van der Waals surface area contributed by atoms with E-state index in [1.165, 1.54) is 0 Å². The van der Waals surface area contributed by atoms with E-state index in [0.29, 0.717) is 18.2 Å². The Morgan fingerprint density at radius 2 is 2.24 bits per heavy atom. The van der Waals surface area contributed by atoms with Crippen LogP contribution in [0.25, 0.3) is 0 Å². The molecule has 1 aliphatic rings. The smallest absolute Gasteiger partial charge is 0.254 e. The van der Waals surface area contributed by atoms with Crippen molar-refractivity contribution in [3.63, 3.8) is 0 Å². The lowest BCUT2D eigenvalue weighted by molar-refractivity contribution is -0.110. The number of aldehydes is 1. The van der Waals surface area contributed by atoms with Gasteiger partial charge in [-0.15, -0.1) is 0 Å². The number of aromatic nitrogens is 1. The van der Waals surface area contributed by atoms with E-state index in [2.05, 4.69) is 10.1 Å². The molecule has 0 saturated carbocycles. The van der Waals surface area contributed by atoms with Crippen molar-refractivity contribution in [2.75, 3.05) is 26.2 Å². The van der Waals surface area contributed by atoms with E-state index in [1.54, 1.807) is 6.07 Å². The van der Waals surface area contributed by atoms with Crippen LogP contribution in [0.4, 0.5) is 0 Å². The third-order valence-electron chi connectivity index (χ3n) is 3.91. The van der Waals surface area contributed by atoms with Crippen molar-refractivity contribution in [1.29, 1.82) is 0 Å². The van der Waals surface area contributed by atoms with Crippen molar-refractivity contribution in [1.82, 2.24) is 10.1 Å². The molecule has 1 fully saturated rings. The largest absolute Gasteiger partial charge is 0.474 e. The van der Waals surface area contributed by atoms with Gasteiger partial charge in [0.25, 0.3) is 5.88 Å². The zero-order chi connectivity index (χ0) is 15.2. The minimum atomic E-state index is -0.279. The summed E-state index contributed by atoms with van der Waals surface area (Å²) < 4.78 is 10.7. The van der Waals surface area contributed by atoms with Gasteiger partial charge in [-0.1, -0.05) is 13.8 Å². The Kier molecular flexibility index (Phi) is 5.76. The van der Waals surface area contributed by atoms with Crippen LogP contribution in [0.2, 0.25) is 0 Å². The average Bonchev–Trinajstić information content (AvgIpc) is 2.90. The maximum absolute atomic E-state index is 11.0. The second kappa shape index (κ2) is 7.56. The van der Waals surface area contributed by atoms with Gasteiger partial charge in [-0.25, -0.2) is 0 Å². The van der Waals surface area contributed by atoms with Crippen LogP contribution in [0.3, 0.4) is 0 Å². The fourth-order valence-corrected chi connectivity index (χ4v) is 2.47. The van der Waals surface area contributed by atoms with E-state index in [4.69, 9.17) is 9.26 Å². The van der Waals surface area contributed by atoms with Gasteiger partial charge in [-0.3, -0.25) is 4.90 Å². The summed E-state index contributed by atoms with van der Waals surface area (Å²) in [7, 11) is 0. The van der Waals surface area contributed by atoms with Crippen molar-refractivity contribution in [2.45, 2.75) is 38.7 Å².